The van der Waals surface area contributed by atoms with Gasteiger partial charge in [0.2, 0.25) is 16.0 Å². The first-order chi connectivity index (χ1) is 11.6. The molecule has 0 aliphatic rings. The summed E-state index contributed by atoms with van der Waals surface area (Å²) in [6, 6.07) is 1.71. The van der Waals surface area contributed by atoms with Gasteiger partial charge in [-0.15, -0.1) is 0 Å². The second kappa shape index (κ2) is 7.09. The van der Waals surface area contributed by atoms with Crippen molar-refractivity contribution in [3.8, 4) is 0 Å². The molecule has 6 nitrogen and oxygen atoms in total. The van der Waals surface area contributed by atoms with Crippen molar-refractivity contribution in [2.24, 2.45) is 0 Å². The van der Waals surface area contributed by atoms with E-state index in [9.17, 15) is 8.42 Å². The number of anilines is 1. The third-order valence-corrected chi connectivity index (χ3v) is 6.42. The van der Waals surface area contributed by atoms with E-state index in [0.717, 1.165) is 27.8 Å². The lowest BCUT2D eigenvalue weighted by Crippen LogP contribution is -2.26. The first-order valence-corrected chi connectivity index (χ1v) is 9.60. The number of rotatable bonds is 5. The molecule has 0 aliphatic carbocycles. The molecule has 0 atom stereocenters. The Morgan fingerprint density at radius 3 is 2.00 bits per heavy atom. The van der Waals surface area contributed by atoms with E-state index in [2.05, 4.69) is 14.7 Å². The third-order valence-electron chi connectivity index (χ3n) is 4.74. The molecule has 0 aliphatic heterocycles. The van der Waals surface area contributed by atoms with Crippen molar-refractivity contribution in [3.05, 3.63) is 45.8 Å². The zero-order chi connectivity index (χ0) is 18.9. The van der Waals surface area contributed by atoms with Crippen LogP contribution in [0.3, 0.4) is 0 Å². The quantitative estimate of drug-likeness (QED) is 0.885. The maximum Gasteiger partial charge on any atom is 0.241 e. The second-order valence-corrected chi connectivity index (χ2v) is 8.22. The second-order valence-electron chi connectivity index (χ2n) is 6.52. The highest BCUT2D eigenvalue weighted by molar-refractivity contribution is 7.89. The molecule has 2 aromatic rings. The monoisotopic (exact) mass is 362 g/mol. The van der Waals surface area contributed by atoms with E-state index in [4.69, 9.17) is 0 Å². The predicted octanol–water partition coefficient (Wildman–Crippen LogP) is 2.56. The van der Waals surface area contributed by atoms with E-state index in [1.165, 1.54) is 0 Å². The van der Waals surface area contributed by atoms with Crippen LogP contribution in [0.1, 0.15) is 33.5 Å². The van der Waals surface area contributed by atoms with Crippen LogP contribution in [0.25, 0.3) is 0 Å². The standard InChI is InChI=1S/C18H26N4O2S/c1-11-12(2)14(4)17(15(5)13(11)3)25(23,24)20-10-16-8-9-19-18(21-16)22(6)7/h8-9,20H,10H2,1-7H3. The number of benzene rings is 1. The number of nitrogens with zero attached hydrogens (tertiary/aromatic N) is 3. The molecule has 1 N–H and O–H groups in total. The Morgan fingerprint density at radius 2 is 1.48 bits per heavy atom. The van der Waals surface area contributed by atoms with E-state index in [1.807, 2.05) is 48.7 Å². The van der Waals surface area contributed by atoms with E-state index in [0.29, 0.717) is 16.5 Å². The van der Waals surface area contributed by atoms with E-state index in [-0.39, 0.29) is 6.54 Å². The van der Waals surface area contributed by atoms with Crippen molar-refractivity contribution in [3.63, 3.8) is 0 Å². The van der Waals surface area contributed by atoms with Gasteiger partial charge < -0.3 is 4.90 Å². The summed E-state index contributed by atoms with van der Waals surface area (Å²) in [6.07, 6.45) is 1.63. The summed E-state index contributed by atoms with van der Waals surface area (Å²) < 4.78 is 28.5. The molecule has 1 aromatic heterocycles. The van der Waals surface area contributed by atoms with Gasteiger partial charge in [0.15, 0.2) is 0 Å². The first kappa shape index (κ1) is 19.3. The summed E-state index contributed by atoms with van der Waals surface area (Å²) >= 11 is 0. The van der Waals surface area contributed by atoms with Gasteiger partial charge in [-0.2, -0.15) is 0 Å². The topological polar surface area (TPSA) is 75.2 Å². The number of hydrogen-bond acceptors (Lipinski definition) is 5. The highest BCUT2D eigenvalue weighted by Crippen LogP contribution is 2.29. The van der Waals surface area contributed by atoms with Crippen LogP contribution in [0.5, 0.6) is 0 Å². The molecular formula is C18H26N4O2S. The minimum Gasteiger partial charge on any atom is -0.347 e. The zero-order valence-corrected chi connectivity index (χ0v) is 16.7. The number of aromatic nitrogens is 2. The number of hydrogen-bond donors (Lipinski definition) is 1. The number of nitrogens with one attached hydrogen (secondary N) is 1. The zero-order valence-electron chi connectivity index (χ0n) is 15.9. The van der Waals surface area contributed by atoms with Gasteiger partial charge in [-0.25, -0.2) is 23.1 Å². The summed E-state index contributed by atoms with van der Waals surface area (Å²) in [5.41, 5.74) is 5.38. The molecular weight excluding hydrogens is 336 g/mol. The van der Waals surface area contributed by atoms with Crippen LogP contribution >= 0.6 is 0 Å². The highest BCUT2D eigenvalue weighted by Gasteiger charge is 2.23. The van der Waals surface area contributed by atoms with E-state index in [1.54, 1.807) is 17.2 Å². The molecule has 0 spiro atoms. The maximum absolute atomic E-state index is 12.9. The molecule has 0 radical (unpaired) electrons. The van der Waals surface area contributed by atoms with Gasteiger partial charge in [0.25, 0.3) is 0 Å². The Labute approximate surface area is 150 Å². The van der Waals surface area contributed by atoms with Crippen LogP contribution < -0.4 is 9.62 Å². The van der Waals surface area contributed by atoms with Crippen molar-refractivity contribution in [1.82, 2.24) is 14.7 Å². The molecule has 0 saturated carbocycles. The summed E-state index contributed by atoms with van der Waals surface area (Å²) in [5, 5.41) is 0. The van der Waals surface area contributed by atoms with E-state index >= 15 is 0 Å². The average Bonchev–Trinajstić information content (AvgIpc) is 2.56. The van der Waals surface area contributed by atoms with Crippen molar-refractivity contribution in [2.45, 2.75) is 46.1 Å². The lowest BCUT2D eigenvalue weighted by Gasteiger charge is -2.19. The maximum atomic E-state index is 12.9. The third kappa shape index (κ3) is 3.82. The minimum atomic E-state index is -3.64. The Hall–Kier alpha value is -1.99. The molecule has 2 rings (SSSR count). The molecule has 136 valence electrons. The Balaban J connectivity index is 2.37. The fraction of sp³-hybridized carbons (Fsp3) is 0.444. The lowest BCUT2D eigenvalue weighted by atomic mass is 9.95. The summed E-state index contributed by atoms with van der Waals surface area (Å²) in [4.78, 5) is 10.6. The molecule has 0 bridgehead atoms. The fourth-order valence-corrected chi connectivity index (χ4v) is 4.40. The van der Waals surface area contributed by atoms with Gasteiger partial charge in [-0.3, -0.25) is 0 Å². The summed E-state index contributed by atoms with van der Waals surface area (Å²) in [6.45, 7) is 9.79. The van der Waals surface area contributed by atoms with Crippen molar-refractivity contribution in [1.29, 1.82) is 0 Å². The summed E-state index contributed by atoms with van der Waals surface area (Å²) in [7, 11) is 0.0436. The van der Waals surface area contributed by atoms with Crippen molar-refractivity contribution >= 4 is 16.0 Å². The van der Waals surface area contributed by atoms with Crippen LogP contribution in [0.2, 0.25) is 0 Å². The molecule has 0 saturated heterocycles. The van der Waals surface area contributed by atoms with Gasteiger partial charge in [0.1, 0.15) is 0 Å². The first-order valence-electron chi connectivity index (χ1n) is 8.12. The van der Waals surface area contributed by atoms with Gasteiger partial charge in [-0.05, 0) is 68.5 Å². The smallest absolute Gasteiger partial charge is 0.241 e. The van der Waals surface area contributed by atoms with E-state index < -0.39 is 10.0 Å². The molecule has 25 heavy (non-hydrogen) atoms. The van der Waals surface area contributed by atoms with Crippen LogP contribution in [0.15, 0.2) is 17.2 Å². The minimum absolute atomic E-state index is 0.122. The molecule has 7 heteroatoms. The lowest BCUT2D eigenvalue weighted by molar-refractivity contribution is 0.578. The molecule has 0 fully saturated rings. The van der Waals surface area contributed by atoms with Gasteiger partial charge in [0, 0.05) is 20.3 Å². The number of sulfonamides is 1. The van der Waals surface area contributed by atoms with Crippen LogP contribution in [0, 0.1) is 34.6 Å². The van der Waals surface area contributed by atoms with Crippen LogP contribution in [-0.2, 0) is 16.6 Å². The molecule has 1 heterocycles. The molecule has 0 amide bonds. The SMILES string of the molecule is Cc1c(C)c(C)c(S(=O)(=O)NCc2ccnc(N(C)C)n2)c(C)c1C. The molecule has 1 aromatic carbocycles. The fourth-order valence-electron chi connectivity index (χ4n) is 2.81. The van der Waals surface area contributed by atoms with Gasteiger partial charge in [-0.1, -0.05) is 0 Å². The Bertz CT molecular complexity index is 877. The Morgan fingerprint density at radius 1 is 0.960 bits per heavy atom. The normalized spacial score (nSPS) is 11.6. The Kier molecular flexibility index (Phi) is 5.49. The highest BCUT2D eigenvalue weighted by atomic mass is 32.2. The largest absolute Gasteiger partial charge is 0.347 e. The average molecular weight is 362 g/mol. The molecule has 0 unspecified atom stereocenters. The summed E-state index contributed by atoms with van der Waals surface area (Å²) in [5.74, 6) is 0.547. The van der Waals surface area contributed by atoms with Crippen molar-refractivity contribution in [2.75, 3.05) is 19.0 Å². The predicted molar refractivity (Wildman–Crippen MR) is 101 cm³/mol. The van der Waals surface area contributed by atoms with Crippen LogP contribution in [-0.4, -0.2) is 32.5 Å². The van der Waals surface area contributed by atoms with Crippen molar-refractivity contribution < 1.29 is 8.42 Å². The van der Waals surface area contributed by atoms with Gasteiger partial charge in [0.05, 0.1) is 17.1 Å². The van der Waals surface area contributed by atoms with Crippen LogP contribution in [0.4, 0.5) is 5.95 Å². The van der Waals surface area contributed by atoms with Gasteiger partial charge >= 0.3 is 0 Å².